The van der Waals surface area contributed by atoms with E-state index in [1.54, 1.807) is 19.2 Å². The quantitative estimate of drug-likeness (QED) is 0.725. The van der Waals surface area contributed by atoms with E-state index in [0.29, 0.717) is 11.4 Å². The van der Waals surface area contributed by atoms with Crippen LogP contribution in [0.25, 0.3) is 0 Å². The lowest BCUT2D eigenvalue weighted by Crippen LogP contribution is -2.47. The number of carbonyl (C=O) groups is 2. The number of aryl methyl sites for hydroxylation is 1. The highest BCUT2D eigenvalue weighted by molar-refractivity contribution is 5.92. The number of carbonyl (C=O) groups excluding carboxylic acids is 2. The van der Waals surface area contributed by atoms with Gasteiger partial charge in [0, 0.05) is 11.3 Å². The lowest BCUT2D eigenvalue weighted by Gasteiger charge is -2.21. The first kappa shape index (κ1) is 20.3. The van der Waals surface area contributed by atoms with Gasteiger partial charge in [-0.3, -0.25) is 0 Å². The van der Waals surface area contributed by atoms with Crippen LogP contribution in [-0.2, 0) is 16.1 Å². The predicted octanol–water partition coefficient (Wildman–Crippen LogP) is 3.89. The highest BCUT2D eigenvalue weighted by Gasteiger charge is 2.26. The molecule has 144 valence electrons. The Balaban J connectivity index is 1.98. The van der Waals surface area contributed by atoms with E-state index in [1.807, 2.05) is 57.2 Å². The van der Waals surface area contributed by atoms with Crippen molar-refractivity contribution >= 4 is 17.7 Å². The van der Waals surface area contributed by atoms with E-state index in [0.717, 1.165) is 11.1 Å². The molecule has 0 aliphatic rings. The number of ether oxygens (including phenoxy) is 2. The summed E-state index contributed by atoms with van der Waals surface area (Å²) >= 11 is 0. The van der Waals surface area contributed by atoms with Crippen LogP contribution in [0.2, 0.25) is 0 Å². The third-order valence-electron chi connectivity index (χ3n) is 4.04. The Kier molecular flexibility index (Phi) is 7.23. The molecule has 0 heterocycles. The summed E-state index contributed by atoms with van der Waals surface area (Å²) in [6.45, 7) is 5.73. The van der Waals surface area contributed by atoms with Gasteiger partial charge in [-0.2, -0.15) is 0 Å². The van der Waals surface area contributed by atoms with Crippen LogP contribution in [0.4, 0.5) is 10.5 Å². The summed E-state index contributed by atoms with van der Waals surface area (Å²) in [4.78, 5) is 24.7. The van der Waals surface area contributed by atoms with E-state index >= 15 is 0 Å². The molecule has 0 aliphatic carbocycles. The monoisotopic (exact) mass is 370 g/mol. The SMILES string of the molecule is COc1ccc(C)cc1COC(=O)[C@@H](NC(=O)Nc1ccccc1)C(C)C. The van der Waals surface area contributed by atoms with Gasteiger partial charge < -0.3 is 20.1 Å². The fourth-order valence-corrected chi connectivity index (χ4v) is 2.59. The Hall–Kier alpha value is -3.02. The summed E-state index contributed by atoms with van der Waals surface area (Å²) < 4.78 is 10.7. The summed E-state index contributed by atoms with van der Waals surface area (Å²) in [5.74, 6) is 0.0412. The Labute approximate surface area is 159 Å². The molecule has 6 nitrogen and oxygen atoms in total. The van der Waals surface area contributed by atoms with E-state index in [2.05, 4.69) is 10.6 Å². The van der Waals surface area contributed by atoms with E-state index in [1.165, 1.54) is 0 Å². The van der Waals surface area contributed by atoms with E-state index in [9.17, 15) is 9.59 Å². The van der Waals surface area contributed by atoms with Crippen LogP contribution in [0.1, 0.15) is 25.0 Å². The second-order valence-electron chi connectivity index (χ2n) is 6.61. The maximum Gasteiger partial charge on any atom is 0.329 e. The van der Waals surface area contributed by atoms with Crippen molar-refractivity contribution in [3.05, 3.63) is 59.7 Å². The fourth-order valence-electron chi connectivity index (χ4n) is 2.59. The summed E-state index contributed by atoms with van der Waals surface area (Å²) in [7, 11) is 1.57. The molecule has 0 fully saturated rings. The molecule has 0 bridgehead atoms. The number of anilines is 1. The number of hydrogen-bond acceptors (Lipinski definition) is 4. The van der Waals surface area contributed by atoms with Crippen molar-refractivity contribution < 1.29 is 19.1 Å². The second kappa shape index (κ2) is 9.62. The number of para-hydroxylation sites is 1. The number of methoxy groups -OCH3 is 1. The zero-order valence-corrected chi connectivity index (χ0v) is 16.1. The number of urea groups is 1. The molecular weight excluding hydrogens is 344 g/mol. The zero-order valence-electron chi connectivity index (χ0n) is 16.1. The second-order valence-corrected chi connectivity index (χ2v) is 6.61. The molecule has 0 aromatic heterocycles. The van der Waals surface area contributed by atoms with Crippen molar-refractivity contribution in [1.82, 2.24) is 5.32 Å². The molecular formula is C21H26N2O4. The van der Waals surface area contributed by atoms with Crippen LogP contribution < -0.4 is 15.4 Å². The molecule has 0 spiro atoms. The fraction of sp³-hybridized carbons (Fsp3) is 0.333. The average Bonchev–Trinajstić information content (AvgIpc) is 2.65. The number of hydrogen-bond donors (Lipinski definition) is 2. The molecule has 2 aromatic carbocycles. The molecule has 2 N–H and O–H groups in total. The smallest absolute Gasteiger partial charge is 0.329 e. The maximum atomic E-state index is 12.5. The molecule has 0 unspecified atom stereocenters. The number of nitrogens with one attached hydrogen (secondary N) is 2. The third kappa shape index (κ3) is 6.02. The van der Waals surface area contributed by atoms with Gasteiger partial charge in [0.05, 0.1) is 7.11 Å². The minimum absolute atomic E-state index is 0.0783. The van der Waals surface area contributed by atoms with Crippen LogP contribution in [0.3, 0.4) is 0 Å². The van der Waals surface area contributed by atoms with Crippen molar-refractivity contribution in [2.45, 2.75) is 33.4 Å². The normalized spacial score (nSPS) is 11.6. The van der Waals surface area contributed by atoms with Crippen LogP contribution in [0.15, 0.2) is 48.5 Å². The molecule has 0 aliphatic heterocycles. The lowest BCUT2D eigenvalue weighted by atomic mass is 10.0. The van der Waals surface area contributed by atoms with E-state index in [-0.39, 0.29) is 12.5 Å². The molecule has 6 heteroatoms. The molecule has 0 saturated carbocycles. The molecule has 2 amide bonds. The van der Waals surface area contributed by atoms with Crippen LogP contribution in [0, 0.1) is 12.8 Å². The average molecular weight is 370 g/mol. The van der Waals surface area contributed by atoms with Crippen molar-refractivity contribution in [3.8, 4) is 5.75 Å². The van der Waals surface area contributed by atoms with Gasteiger partial charge in [-0.25, -0.2) is 9.59 Å². The van der Waals surface area contributed by atoms with Gasteiger partial charge in [-0.1, -0.05) is 43.7 Å². The van der Waals surface area contributed by atoms with Gasteiger partial charge in [0.25, 0.3) is 0 Å². The Morgan fingerprint density at radius 3 is 2.41 bits per heavy atom. The Morgan fingerprint density at radius 2 is 1.78 bits per heavy atom. The minimum Gasteiger partial charge on any atom is -0.496 e. The Morgan fingerprint density at radius 1 is 1.07 bits per heavy atom. The third-order valence-corrected chi connectivity index (χ3v) is 4.04. The number of esters is 1. The van der Waals surface area contributed by atoms with Gasteiger partial charge in [-0.05, 0) is 37.1 Å². The van der Waals surface area contributed by atoms with E-state index < -0.39 is 18.0 Å². The van der Waals surface area contributed by atoms with Crippen LogP contribution in [-0.4, -0.2) is 25.2 Å². The summed E-state index contributed by atoms with van der Waals surface area (Å²) in [6.07, 6.45) is 0. The first-order chi connectivity index (χ1) is 12.9. The number of amides is 2. The highest BCUT2D eigenvalue weighted by Crippen LogP contribution is 2.21. The first-order valence-corrected chi connectivity index (χ1v) is 8.83. The van der Waals surface area contributed by atoms with Gasteiger partial charge in [0.1, 0.15) is 18.4 Å². The molecule has 27 heavy (non-hydrogen) atoms. The largest absolute Gasteiger partial charge is 0.496 e. The van der Waals surface area contributed by atoms with Gasteiger partial charge >= 0.3 is 12.0 Å². The summed E-state index contributed by atoms with van der Waals surface area (Å²) in [5.41, 5.74) is 2.47. The summed E-state index contributed by atoms with van der Waals surface area (Å²) in [6, 6.07) is 13.5. The van der Waals surface area contributed by atoms with Crippen molar-refractivity contribution in [2.75, 3.05) is 12.4 Å². The highest BCUT2D eigenvalue weighted by atomic mass is 16.5. The minimum atomic E-state index is -0.760. The van der Waals surface area contributed by atoms with Crippen LogP contribution >= 0.6 is 0 Å². The van der Waals surface area contributed by atoms with Gasteiger partial charge in [0.15, 0.2) is 0 Å². The molecule has 0 saturated heterocycles. The molecule has 0 radical (unpaired) electrons. The maximum absolute atomic E-state index is 12.5. The summed E-state index contributed by atoms with van der Waals surface area (Å²) in [5, 5.41) is 5.39. The number of benzene rings is 2. The molecule has 2 aromatic rings. The molecule has 2 rings (SSSR count). The van der Waals surface area contributed by atoms with Crippen molar-refractivity contribution in [2.24, 2.45) is 5.92 Å². The van der Waals surface area contributed by atoms with Crippen molar-refractivity contribution in [3.63, 3.8) is 0 Å². The zero-order chi connectivity index (χ0) is 19.8. The van der Waals surface area contributed by atoms with Gasteiger partial charge in [-0.15, -0.1) is 0 Å². The Bertz CT molecular complexity index is 775. The first-order valence-electron chi connectivity index (χ1n) is 8.83. The topological polar surface area (TPSA) is 76.7 Å². The standard InChI is InChI=1S/C21H26N2O4/c1-14(2)19(23-21(25)22-17-8-6-5-7-9-17)20(24)27-13-16-12-15(3)10-11-18(16)26-4/h5-12,14,19H,13H2,1-4H3,(H2,22,23,25)/t19-/m0/s1. The van der Waals surface area contributed by atoms with Crippen molar-refractivity contribution in [1.29, 1.82) is 0 Å². The van der Waals surface area contributed by atoms with E-state index in [4.69, 9.17) is 9.47 Å². The molecule has 1 atom stereocenters. The van der Waals surface area contributed by atoms with Crippen LogP contribution in [0.5, 0.6) is 5.75 Å². The van der Waals surface area contributed by atoms with Gasteiger partial charge in [0.2, 0.25) is 0 Å². The number of rotatable bonds is 7. The predicted molar refractivity (Wildman–Crippen MR) is 105 cm³/mol. The lowest BCUT2D eigenvalue weighted by molar-refractivity contribution is -0.148.